The van der Waals surface area contributed by atoms with Gasteiger partial charge in [0.25, 0.3) is 0 Å². The molecule has 4 heterocycles. The minimum atomic E-state index is -1.05. The molecule has 196 valence electrons. The van der Waals surface area contributed by atoms with E-state index in [9.17, 15) is 19.5 Å². The lowest BCUT2D eigenvalue weighted by Crippen LogP contribution is -2.58. The summed E-state index contributed by atoms with van der Waals surface area (Å²) >= 11 is 0. The number of aliphatic hydroxyl groups is 1. The molecule has 4 aliphatic heterocycles. The lowest BCUT2D eigenvalue weighted by Gasteiger charge is -2.35. The first kappa shape index (κ1) is 25.1. The van der Waals surface area contributed by atoms with Crippen molar-refractivity contribution in [3.8, 4) is 0 Å². The minimum Gasteiger partial charge on any atom is -0.394 e. The second kappa shape index (κ2) is 10.5. The first-order chi connectivity index (χ1) is 17.5. The summed E-state index contributed by atoms with van der Waals surface area (Å²) in [5.74, 6) is -2.20. The molecule has 2 bridgehead atoms. The summed E-state index contributed by atoms with van der Waals surface area (Å²) in [4.78, 5) is 44.3. The average molecular weight is 501 g/mol. The molecule has 1 aromatic carbocycles. The van der Waals surface area contributed by atoms with Crippen molar-refractivity contribution < 1.29 is 29.0 Å². The molecule has 3 amide bonds. The average Bonchev–Trinajstić information content (AvgIpc) is 3.55. The molecular formula is C26H36N4O6. The number of ether oxygens (including phenoxy) is 2. The van der Waals surface area contributed by atoms with Crippen molar-refractivity contribution in [2.75, 3.05) is 46.0 Å². The van der Waals surface area contributed by atoms with E-state index in [-0.39, 0.29) is 24.3 Å². The summed E-state index contributed by atoms with van der Waals surface area (Å²) in [5, 5.41) is 15.9. The van der Waals surface area contributed by atoms with Crippen LogP contribution in [0.5, 0.6) is 0 Å². The van der Waals surface area contributed by atoms with Crippen LogP contribution in [0.1, 0.15) is 25.3 Å². The number of morpholine rings is 1. The Morgan fingerprint density at radius 2 is 1.92 bits per heavy atom. The fraction of sp³-hybridized carbons (Fsp3) is 0.654. The lowest BCUT2D eigenvalue weighted by molar-refractivity contribution is -0.145. The van der Waals surface area contributed by atoms with Gasteiger partial charge in [-0.15, -0.1) is 0 Å². The van der Waals surface area contributed by atoms with Crippen LogP contribution in [-0.4, -0.2) is 102 Å². The van der Waals surface area contributed by atoms with Gasteiger partial charge < -0.3 is 30.1 Å². The van der Waals surface area contributed by atoms with Gasteiger partial charge in [-0.25, -0.2) is 0 Å². The number of nitrogens with one attached hydrogen (secondary N) is 2. The Bertz CT molecular complexity index is 970. The quantitative estimate of drug-likeness (QED) is 0.418. The van der Waals surface area contributed by atoms with Crippen LogP contribution in [0.15, 0.2) is 30.3 Å². The Morgan fingerprint density at radius 3 is 2.64 bits per heavy atom. The number of carbonyl (C=O) groups is 3. The minimum absolute atomic E-state index is 0.228. The van der Waals surface area contributed by atoms with Crippen LogP contribution < -0.4 is 10.6 Å². The van der Waals surface area contributed by atoms with Crippen molar-refractivity contribution in [3.05, 3.63) is 35.9 Å². The first-order valence-electron chi connectivity index (χ1n) is 13.0. The molecule has 5 rings (SSSR count). The molecule has 4 saturated heterocycles. The maximum atomic E-state index is 13.7. The second-order valence-corrected chi connectivity index (χ2v) is 10.3. The van der Waals surface area contributed by atoms with Crippen LogP contribution in [-0.2, 0) is 30.4 Å². The van der Waals surface area contributed by atoms with Crippen LogP contribution in [0.2, 0.25) is 0 Å². The molecule has 0 radical (unpaired) electrons. The third-order valence-corrected chi connectivity index (χ3v) is 8.17. The van der Waals surface area contributed by atoms with Gasteiger partial charge in [0.2, 0.25) is 17.7 Å². The molecule has 0 saturated carbocycles. The van der Waals surface area contributed by atoms with Gasteiger partial charge >= 0.3 is 0 Å². The van der Waals surface area contributed by atoms with Gasteiger partial charge in [0.15, 0.2) is 0 Å². The Kier molecular flexibility index (Phi) is 7.30. The standard InChI is InChI=1S/C26H36N4O6/c1-17(16-31)30-22(24(33)27-9-10-29-11-13-35-14-12-29)26-8-7-19(36-26)20(21(26)25(30)34)23(32)28-15-18-5-3-2-4-6-18/h2-6,17,19-22,31H,7-16H2,1H3,(H,27,33)(H,28,32)/t17-,19-,20+,21+,22?,26?/m1/s1. The van der Waals surface area contributed by atoms with E-state index in [0.717, 1.165) is 18.7 Å². The summed E-state index contributed by atoms with van der Waals surface area (Å²) in [5.41, 5.74) is -0.0846. The van der Waals surface area contributed by atoms with Gasteiger partial charge in [-0.2, -0.15) is 0 Å². The Balaban J connectivity index is 1.32. The van der Waals surface area contributed by atoms with Crippen LogP contribution in [0.25, 0.3) is 0 Å². The van der Waals surface area contributed by atoms with Crippen molar-refractivity contribution in [3.63, 3.8) is 0 Å². The zero-order valence-electron chi connectivity index (χ0n) is 20.7. The van der Waals surface area contributed by atoms with Crippen molar-refractivity contribution in [2.45, 2.75) is 50.1 Å². The van der Waals surface area contributed by atoms with Gasteiger partial charge in [0, 0.05) is 32.7 Å². The summed E-state index contributed by atoms with van der Waals surface area (Å²) in [7, 11) is 0. The fourth-order valence-electron chi connectivity index (χ4n) is 6.41. The zero-order valence-corrected chi connectivity index (χ0v) is 20.7. The largest absolute Gasteiger partial charge is 0.394 e. The monoisotopic (exact) mass is 500 g/mol. The number of likely N-dealkylation sites (tertiary alicyclic amines) is 1. The maximum Gasteiger partial charge on any atom is 0.245 e. The molecule has 6 atom stereocenters. The smallest absolute Gasteiger partial charge is 0.245 e. The highest BCUT2D eigenvalue weighted by Crippen LogP contribution is 2.58. The molecule has 4 fully saturated rings. The zero-order chi connectivity index (χ0) is 25.3. The summed E-state index contributed by atoms with van der Waals surface area (Å²) < 4.78 is 11.8. The van der Waals surface area contributed by atoms with E-state index >= 15 is 0 Å². The van der Waals surface area contributed by atoms with Gasteiger partial charge in [0.1, 0.15) is 11.6 Å². The third kappa shape index (κ3) is 4.40. The summed E-state index contributed by atoms with van der Waals surface area (Å²) in [6, 6.07) is 8.16. The van der Waals surface area contributed by atoms with E-state index in [2.05, 4.69) is 15.5 Å². The predicted octanol–water partition coefficient (Wildman–Crippen LogP) is -0.493. The number of rotatable bonds is 9. The second-order valence-electron chi connectivity index (χ2n) is 10.3. The number of hydrogen-bond donors (Lipinski definition) is 3. The SMILES string of the molecule is C[C@H](CO)N1C(=O)[C@@H]2[C@@H](C(=O)NCc3ccccc3)[C@H]3CCC2(O3)C1C(=O)NCCN1CCOCC1. The van der Waals surface area contributed by atoms with Gasteiger partial charge in [0.05, 0.1) is 43.8 Å². The topological polar surface area (TPSA) is 120 Å². The van der Waals surface area contributed by atoms with Gasteiger partial charge in [-0.1, -0.05) is 30.3 Å². The molecule has 1 aromatic rings. The van der Waals surface area contributed by atoms with E-state index in [1.807, 2.05) is 30.3 Å². The summed E-state index contributed by atoms with van der Waals surface area (Å²) in [6.07, 6.45) is 0.753. The maximum absolute atomic E-state index is 13.7. The van der Waals surface area contributed by atoms with E-state index in [0.29, 0.717) is 45.7 Å². The van der Waals surface area contributed by atoms with Crippen LogP contribution in [0.3, 0.4) is 0 Å². The van der Waals surface area contributed by atoms with Gasteiger partial charge in [-0.05, 0) is 25.3 Å². The predicted molar refractivity (Wildman–Crippen MR) is 130 cm³/mol. The Labute approximate surface area is 211 Å². The van der Waals surface area contributed by atoms with Crippen molar-refractivity contribution in [1.29, 1.82) is 0 Å². The number of nitrogens with zero attached hydrogens (tertiary/aromatic N) is 2. The molecule has 0 aromatic heterocycles. The molecule has 0 aliphatic carbocycles. The molecule has 10 heteroatoms. The Morgan fingerprint density at radius 1 is 1.17 bits per heavy atom. The molecule has 1 spiro atoms. The molecule has 10 nitrogen and oxygen atoms in total. The Hall–Kier alpha value is -2.53. The van der Waals surface area contributed by atoms with E-state index < -0.39 is 35.6 Å². The van der Waals surface area contributed by atoms with Crippen LogP contribution in [0.4, 0.5) is 0 Å². The van der Waals surface area contributed by atoms with E-state index in [1.165, 1.54) is 4.90 Å². The number of amides is 3. The van der Waals surface area contributed by atoms with Crippen molar-refractivity contribution in [2.24, 2.45) is 11.8 Å². The highest BCUT2D eigenvalue weighted by atomic mass is 16.5. The summed E-state index contributed by atoms with van der Waals surface area (Å²) in [6.45, 7) is 5.94. The number of aliphatic hydroxyl groups excluding tert-OH is 1. The normalized spacial score (nSPS) is 32.4. The molecular weight excluding hydrogens is 464 g/mol. The van der Waals surface area contributed by atoms with E-state index in [4.69, 9.17) is 9.47 Å². The number of benzene rings is 1. The van der Waals surface area contributed by atoms with Crippen LogP contribution >= 0.6 is 0 Å². The van der Waals surface area contributed by atoms with Crippen LogP contribution in [0, 0.1) is 11.8 Å². The first-order valence-corrected chi connectivity index (χ1v) is 13.0. The third-order valence-electron chi connectivity index (χ3n) is 8.17. The lowest BCUT2D eigenvalue weighted by atomic mass is 9.70. The number of fused-ring (bicyclic) bond motifs is 1. The molecule has 3 N–H and O–H groups in total. The van der Waals surface area contributed by atoms with Gasteiger partial charge in [-0.3, -0.25) is 19.3 Å². The highest BCUT2D eigenvalue weighted by Gasteiger charge is 2.74. The van der Waals surface area contributed by atoms with Crippen molar-refractivity contribution >= 4 is 17.7 Å². The molecule has 36 heavy (non-hydrogen) atoms. The molecule has 2 unspecified atom stereocenters. The highest BCUT2D eigenvalue weighted by molar-refractivity contribution is 5.99. The number of carbonyl (C=O) groups excluding carboxylic acids is 3. The fourth-order valence-corrected chi connectivity index (χ4v) is 6.41. The van der Waals surface area contributed by atoms with Crippen molar-refractivity contribution in [1.82, 2.24) is 20.4 Å². The number of hydrogen-bond acceptors (Lipinski definition) is 7. The molecule has 4 aliphatic rings. The van der Waals surface area contributed by atoms with E-state index in [1.54, 1.807) is 6.92 Å².